The van der Waals surface area contributed by atoms with E-state index in [9.17, 15) is 4.21 Å². The zero-order chi connectivity index (χ0) is 12.1. The lowest BCUT2D eigenvalue weighted by Gasteiger charge is -2.35. The summed E-state index contributed by atoms with van der Waals surface area (Å²) >= 11 is 0. The third-order valence-corrected chi connectivity index (χ3v) is 5.60. The highest BCUT2D eigenvalue weighted by atomic mass is 32.2. The molecule has 0 radical (unpaired) electrons. The van der Waals surface area contributed by atoms with Crippen LogP contribution in [0.1, 0.15) is 46.5 Å². The molecule has 1 aliphatic carbocycles. The summed E-state index contributed by atoms with van der Waals surface area (Å²) in [5.41, 5.74) is 0. The summed E-state index contributed by atoms with van der Waals surface area (Å²) in [6.07, 6.45) is 6.89. The average Bonchev–Trinajstić information content (AvgIpc) is 2.24. The molecule has 0 aromatic carbocycles. The fourth-order valence-electron chi connectivity index (χ4n) is 2.51. The first kappa shape index (κ1) is 14.2. The highest BCUT2D eigenvalue weighted by Gasteiger charge is 2.26. The molecule has 0 amide bonds. The Hall–Kier alpha value is 0.110. The monoisotopic (exact) mass is 245 g/mol. The maximum Gasteiger partial charge on any atom is 0.0329 e. The van der Waals surface area contributed by atoms with Gasteiger partial charge in [0, 0.05) is 28.3 Å². The van der Waals surface area contributed by atoms with E-state index in [0.29, 0.717) is 11.3 Å². The molecule has 0 unspecified atom stereocenters. The van der Waals surface area contributed by atoms with Crippen molar-refractivity contribution in [2.24, 2.45) is 11.8 Å². The minimum atomic E-state index is -0.672. The Bertz CT molecular complexity index is 232. The number of hydrogen-bond acceptors (Lipinski definition) is 2. The predicted molar refractivity (Wildman–Crippen MR) is 72.1 cm³/mol. The van der Waals surface area contributed by atoms with Gasteiger partial charge in [-0.25, -0.2) is 0 Å². The summed E-state index contributed by atoms with van der Waals surface area (Å²) in [5.74, 6) is 1.64. The maximum atomic E-state index is 11.2. The van der Waals surface area contributed by atoms with E-state index >= 15 is 0 Å². The summed E-state index contributed by atoms with van der Waals surface area (Å²) < 4.78 is 11.2. The summed E-state index contributed by atoms with van der Waals surface area (Å²) in [6.45, 7) is 7.82. The van der Waals surface area contributed by atoms with Gasteiger partial charge >= 0.3 is 0 Å². The van der Waals surface area contributed by atoms with Crippen LogP contribution < -0.4 is 5.32 Å². The van der Waals surface area contributed by atoms with Crippen molar-refractivity contribution in [3.63, 3.8) is 0 Å². The molecule has 0 aromatic rings. The van der Waals surface area contributed by atoms with E-state index in [2.05, 4.69) is 26.1 Å². The first-order valence-electron chi connectivity index (χ1n) is 6.58. The van der Waals surface area contributed by atoms with Gasteiger partial charge in [0.25, 0.3) is 0 Å². The zero-order valence-electron chi connectivity index (χ0n) is 11.2. The highest BCUT2D eigenvalue weighted by molar-refractivity contribution is 7.84. The highest BCUT2D eigenvalue weighted by Crippen LogP contribution is 2.29. The summed E-state index contributed by atoms with van der Waals surface area (Å²) in [4.78, 5) is 0. The van der Waals surface area contributed by atoms with Gasteiger partial charge in [-0.1, -0.05) is 33.6 Å². The molecule has 5 atom stereocenters. The second-order valence-electron chi connectivity index (χ2n) is 5.43. The Morgan fingerprint density at radius 2 is 2.06 bits per heavy atom. The molecule has 0 bridgehead atoms. The van der Waals surface area contributed by atoms with Crippen LogP contribution in [0.4, 0.5) is 0 Å². The van der Waals surface area contributed by atoms with Crippen molar-refractivity contribution in [2.45, 2.75) is 57.7 Å². The Morgan fingerprint density at radius 3 is 2.69 bits per heavy atom. The van der Waals surface area contributed by atoms with Crippen molar-refractivity contribution in [3.05, 3.63) is 0 Å². The normalized spacial score (nSPS) is 34.6. The predicted octanol–water partition coefficient (Wildman–Crippen LogP) is 2.56. The molecular weight excluding hydrogens is 218 g/mol. The molecule has 16 heavy (non-hydrogen) atoms. The van der Waals surface area contributed by atoms with Gasteiger partial charge < -0.3 is 5.32 Å². The van der Waals surface area contributed by atoms with Crippen molar-refractivity contribution >= 4 is 10.8 Å². The topological polar surface area (TPSA) is 29.1 Å². The number of hydrogen-bond donors (Lipinski definition) is 1. The molecule has 0 saturated heterocycles. The van der Waals surface area contributed by atoms with E-state index in [1.165, 1.54) is 19.3 Å². The smallest absolute Gasteiger partial charge is 0.0329 e. The molecule has 0 heterocycles. The van der Waals surface area contributed by atoms with E-state index in [1.54, 1.807) is 6.26 Å². The van der Waals surface area contributed by atoms with Gasteiger partial charge in [-0.3, -0.25) is 4.21 Å². The second-order valence-corrected chi connectivity index (χ2v) is 7.23. The van der Waals surface area contributed by atoms with Crippen LogP contribution >= 0.6 is 0 Å². The molecule has 1 aliphatic rings. The molecular formula is C13H27NOS. The van der Waals surface area contributed by atoms with Crippen LogP contribution in [0.5, 0.6) is 0 Å². The van der Waals surface area contributed by atoms with E-state index in [4.69, 9.17) is 0 Å². The zero-order valence-corrected chi connectivity index (χ0v) is 12.0. The van der Waals surface area contributed by atoms with Gasteiger partial charge in [0.05, 0.1) is 0 Å². The van der Waals surface area contributed by atoms with Crippen molar-refractivity contribution in [3.8, 4) is 0 Å². The SMILES string of the molecule is C[C@@H]1[C@H](C)CCC[C@@H]1NCC[C@H](C)[S@](C)=O. The van der Waals surface area contributed by atoms with E-state index < -0.39 is 10.8 Å². The Balaban J connectivity index is 2.24. The van der Waals surface area contributed by atoms with Crippen molar-refractivity contribution in [1.29, 1.82) is 0 Å². The van der Waals surface area contributed by atoms with Gasteiger partial charge in [0.1, 0.15) is 0 Å². The van der Waals surface area contributed by atoms with Crippen molar-refractivity contribution in [1.82, 2.24) is 5.32 Å². The van der Waals surface area contributed by atoms with Crippen molar-refractivity contribution in [2.75, 3.05) is 12.8 Å². The number of rotatable bonds is 5. The summed E-state index contributed by atoms with van der Waals surface area (Å²) in [7, 11) is -0.672. The van der Waals surface area contributed by atoms with Gasteiger partial charge in [0.15, 0.2) is 0 Å². The van der Waals surface area contributed by atoms with Gasteiger partial charge in [-0.2, -0.15) is 0 Å². The molecule has 1 rings (SSSR count). The first-order valence-corrected chi connectivity index (χ1v) is 8.20. The Kier molecular flexibility index (Phi) is 5.98. The molecule has 1 N–H and O–H groups in total. The van der Waals surface area contributed by atoms with Crippen LogP contribution in [0, 0.1) is 11.8 Å². The van der Waals surface area contributed by atoms with Crippen molar-refractivity contribution < 1.29 is 4.21 Å². The second kappa shape index (κ2) is 6.75. The van der Waals surface area contributed by atoms with Crippen LogP contribution in [-0.2, 0) is 10.8 Å². The standard InChI is InChI=1S/C13H27NOS/c1-10-6-5-7-13(12(10)3)14-9-8-11(2)16(4)15/h10-14H,5-9H2,1-4H3/t10-,11+,12-,13+,16+/m1/s1. The Labute approximate surface area is 103 Å². The van der Waals surface area contributed by atoms with E-state index in [1.807, 2.05) is 0 Å². The summed E-state index contributed by atoms with van der Waals surface area (Å²) in [6, 6.07) is 0.682. The molecule has 3 heteroatoms. The molecule has 0 spiro atoms. The maximum absolute atomic E-state index is 11.2. The molecule has 96 valence electrons. The van der Waals surface area contributed by atoms with Gasteiger partial charge in [0.2, 0.25) is 0 Å². The van der Waals surface area contributed by atoms with Crippen LogP contribution in [0.3, 0.4) is 0 Å². The lowest BCUT2D eigenvalue weighted by molar-refractivity contribution is 0.207. The molecule has 2 nitrogen and oxygen atoms in total. The molecule has 0 aromatic heterocycles. The fourth-order valence-corrected chi connectivity index (χ4v) is 2.96. The third-order valence-electron chi connectivity index (χ3n) is 4.23. The lowest BCUT2D eigenvalue weighted by Crippen LogP contribution is -2.41. The van der Waals surface area contributed by atoms with E-state index in [0.717, 1.165) is 24.8 Å². The molecule has 1 fully saturated rings. The van der Waals surface area contributed by atoms with E-state index in [-0.39, 0.29) is 0 Å². The molecule has 1 saturated carbocycles. The summed E-state index contributed by atoms with van der Waals surface area (Å²) in [5, 5.41) is 3.98. The van der Waals surface area contributed by atoms with Crippen LogP contribution in [0.2, 0.25) is 0 Å². The van der Waals surface area contributed by atoms with Crippen LogP contribution in [0.25, 0.3) is 0 Å². The number of nitrogens with one attached hydrogen (secondary N) is 1. The van der Waals surface area contributed by atoms with Gasteiger partial charge in [-0.15, -0.1) is 0 Å². The molecule has 0 aliphatic heterocycles. The van der Waals surface area contributed by atoms with Crippen LogP contribution in [-0.4, -0.2) is 28.3 Å². The third kappa shape index (κ3) is 4.17. The first-order chi connectivity index (χ1) is 7.52. The largest absolute Gasteiger partial charge is 0.314 e. The average molecular weight is 245 g/mol. The van der Waals surface area contributed by atoms with Gasteiger partial charge in [-0.05, 0) is 31.2 Å². The van der Waals surface area contributed by atoms with Crippen LogP contribution in [0.15, 0.2) is 0 Å². The Morgan fingerprint density at radius 1 is 1.38 bits per heavy atom. The lowest BCUT2D eigenvalue weighted by atomic mass is 9.78. The minimum absolute atomic E-state index is 0.323. The quantitative estimate of drug-likeness (QED) is 0.806. The fraction of sp³-hybridized carbons (Fsp3) is 1.00. The minimum Gasteiger partial charge on any atom is -0.314 e.